The molecular formula is C11H11Cl2N3. The maximum atomic E-state index is 6.06. The molecule has 3 N–H and O–H groups in total. The number of hydrogen-bond acceptors (Lipinski definition) is 2. The van der Waals surface area contributed by atoms with Crippen LogP contribution in [0.25, 0.3) is 0 Å². The maximum absolute atomic E-state index is 6.06. The van der Waals surface area contributed by atoms with Crippen LogP contribution in [0.5, 0.6) is 0 Å². The van der Waals surface area contributed by atoms with Gasteiger partial charge in [-0.05, 0) is 24.1 Å². The van der Waals surface area contributed by atoms with E-state index in [1.165, 1.54) is 0 Å². The summed E-state index contributed by atoms with van der Waals surface area (Å²) in [4.78, 5) is 7.08. The van der Waals surface area contributed by atoms with Gasteiger partial charge in [0.05, 0.1) is 6.04 Å². The lowest BCUT2D eigenvalue weighted by atomic mass is 10.1. The minimum Gasteiger partial charge on any atom is -0.347 e. The molecule has 84 valence electrons. The summed E-state index contributed by atoms with van der Waals surface area (Å²) in [5.41, 5.74) is 6.85. The number of nitrogens with one attached hydrogen (secondary N) is 1. The van der Waals surface area contributed by atoms with Gasteiger partial charge in [-0.1, -0.05) is 29.3 Å². The number of halogens is 2. The minimum atomic E-state index is -0.229. The van der Waals surface area contributed by atoms with Crippen molar-refractivity contribution in [1.82, 2.24) is 9.97 Å². The zero-order chi connectivity index (χ0) is 11.5. The highest BCUT2D eigenvalue weighted by Crippen LogP contribution is 2.27. The summed E-state index contributed by atoms with van der Waals surface area (Å²) in [6.07, 6.45) is 3.97. The molecule has 0 aliphatic rings. The summed E-state index contributed by atoms with van der Waals surface area (Å²) in [7, 11) is 0. The van der Waals surface area contributed by atoms with Crippen molar-refractivity contribution in [3.63, 3.8) is 0 Å². The van der Waals surface area contributed by atoms with Crippen molar-refractivity contribution >= 4 is 23.2 Å². The second-order valence-electron chi connectivity index (χ2n) is 3.49. The molecule has 1 atom stereocenters. The Morgan fingerprint density at radius 3 is 2.56 bits per heavy atom. The molecule has 0 bridgehead atoms. The van der Waals surface area contributed by atoms with Gasteiger partial charge in [-0.25, -0.2) is 4.98 Å². The predicted molar refractivity (Wildman–Crippen MR) is 65.7 cm³/mol. The fourth-order valence-electron chi connectivity index (χ4n) is 1.52. The number of nitrogens with zero attached hydrogens (tertiary/aromatic N) is 1. The number of rotatable bonds is 3. The number of hydrogen-bond donors (Lipinski definition) is 2. The normalized spacial score (nSPS) is 12.7. The van der Waals surface area contributed by atoms with Crippen LogP contribution in [0.15, 0.2) is 30.6 Å². The zero-order valence-corrected chi connectivity index (χ0v) is 9.96. The van der Waals surface area contributed by atoms with E-state index in [1.54, 1.807) is 24.5 Å². The predicted octanol–water partition coefficient (Wildman–Crippen LogP) is 2.96. The fraction of sp³-hybridized carbons (Fsp3) is 0.182. The highest BCUT2D eigenvalue weighted by atomic mass is 35.5. The highest BCUT2D eigenvalue weighted by Gasteiger charge is 2.13. The topological polar surface area (TPSA) is 54.7 Å². The van der Waals surface area contributed by atoms with E-state index in [0.29, 0.717) is 16.5 Å². The van der Waals surface area contributed by atoms with E-state index in [2.05, 4.69) is 9.97 Å². The Bertz CT molecular complexity index is 448. The summed E-state index contributed by atoms with van der Waals surface area (Å²) < 4.78 is 0. The van der Waals surface area contributed by atoms with Gasteiger partial charge in [-0.3, -0.25) is 0 Å². The lowest BCUT2D eigenvalue weighted by Gasteiger charge is -2.11. The lowest BCUT2D eigenvalue weighted by molar-refractivity contribution is 0.678. The zero-order valence-electron chi connectivity index (χ0n) is 8.45. The van der Waals surface area contributed by atoms with Crippen LogP contribution >= 0.6 is 23.2 Å². The molecule has 16 heavy (non-hydrogen) atoms. The van der Waals surface area contributed by atoms with Crippen molar-refractivity contribution in [2.24, 2.45) is 5.73 Å². The summed E-state index contributed by atoms with van der Waals surface area (Å²) >= 11 is 12.1. The van der Waals surface area contributed by atoms with Crippen molar-refractivity contribution in [1.29, 1.82) is 0 Å². The molecule has 0 saturated heterocycles. The van der Waals surface area contributed by atoms with Gasteiger partial charge in [0.2, 0.25) is 0 Å². The number of benzene rings is 1. The first-order chi connectivity index (χ1) is 7.68. The van der Waals surface area contributed by atoms with Crippen LogP contribution in [-0.4, -0.2) is 9.97 Å². The molecule has 0 amide bonds. The van der Waals surface area contributed by atoms with Crippen molar-refractivity contribution < 1.29 is 0 Å². The van der Waals surface area contributed by atoms with Gasteiger partial charge in [0.25, 0.3) is 0 Å². The van der Waals surface area contributed by atoms with Crippen molar-refractivity contribution in [2.75, 3.05) is 0 Å². The molecular weight excluding hydrogens is 245 g/mol. The second-order valence-corrected chi connectivity index (χ2v) is 4.30. The molecule has 0 aliphatic carbocycles. The monoisotopic (exact) mass is 255 g/mol. The number of aromatic nitrogens is 2. The average Bonchev–Trinajstić information content (AvgIpc) is 2.76. The van der Waals surface area contributed by atoms with Gasteiger partial charge in [0, 0.05) is 22.4 Å². The molecule has 1 unspecified atom stereocenters. The number of H-pyrrole nitrogens is 1. The van der Waals surface area contributed by atoms with E-state index in [-0.39, 0.29) is 6.04 Å². The molecule has 0 aliphatic heterocycles. The Balaban J connectivity index is 2.21. The molecule has 0 spiro atoms. The van der Waals surface area contributed by atoms with Crippen LogP contribution in [0.2, 0.25) is 10.0 Å². The van der Waals surface area contributed by atoms with Crippen LogP contribution in [0, 0.1) is 0 Å². The smallest absolute Gasteiger partial charge is 0.123 e. The fourth-order valence-corrected chi connectivity index (χ4v) is 2.08. The van der Waals surface area contributed by atoms with E-state index >= 15 is 0 Å². The molecule has 1 aromatic heterocycles. The summed E-state index contributed by atoms with van der Waals surface area (Å²) in [6, 6.07) is 5.19. The first kappa shape index (κ1) is 11.5. The highest BCUT2D eigenvalue weighted by molar-refractivity contribution is 6.35. The summed E-state index contributed by atoms with van der Waals surface area (Å²) in [5, 5.41) is 1.27. The molecule has 2 rings (SSSR count). The molecule has 0 radical (unpaired) electrons. The van der Waals surface area contributed by atoms with Gasteiger partial charge in [-0.2, -0.15) is 0 Å². The number of imidazole rings is 1. The van der Waals surface area contributed by atoms with Crippen molar-refractivity contribution in [3.05, 3.63) is 52.0 Å². The van der Waals surface area contributed by atoms with E-state index in [1.807, 2.05) is 6.07 Å². The van der Waals surface area contributed by atoms with E-state index < -0.39 is 0 Å². The molecule has 1 heterocycles. The Morgan fingerprint density at radius 2 is 2.00 bits per heavy atom. The SMILES string of the molecule is NC(Cc1c(Cl)cccc1Cl)c1ncc[nH]1. The van der Waals surface area contributed by atoms with Gasteiger partial charge < -0.3 is 10.7 Å². The van der Waals surface area contributed by atoms with Gasteiger partial charge >= 0.3 is 0 Å². The third-order valence-corrected chi connectivity index (χ3v) is 3.06. The molecule has 3 nitrogen and oxygen atoms in total. The van der Waals surface area contributed by atoms with E-state index in [0.717, 1.165) is 11.4 Å². The van der Waals surface area contributed by atoms with E-state index in [4.69, 9.17) is 28.9 Å². The first-order valence-electron chi connectivity index (χ1n) is 4.86. The van der Waals surface area contributed by atoms with Gasteiger partial charge in [0.15, 0.2) is 0 Å². The van der Waals surface area contributed by atoms with Crippen LogP contribution in [0.3, 0.4) is 0 Å². The Kier molecular flexibility index (Phi) is 3.49. The molecule has 0 saturated carbocycles. The van der Waals surface area contributed by atoms with Crippen LogP contribution < -0.4 is 5.73 Å². The molecule has 2 aromatic rings. The van der Waals surface area contributed by atoms with E-state index in [9.17, 15) is 0 Å². The van der Waals surface area contributed by atoms with Crippen LogP contribution in [-0.2, 0) is 6.42 Å². The molecule has 5 heteroatoms. The molecule has 0 fully saturated rings. The summed E-state index contributed by atoms with van der Waals surface area (Å²) in [5.74, 6) is 0.732. The second kappa shape index (κ2) is 4.87. The van der Waals surface area contributed by atoms with Gasteiger partial charge in [-0.15, -0.1) is 0 Å². The average molecular weight is 256 g/mol. The maximum Gasteiger partial charge on any atom is 0.123 e. The molecule has 1 aromatic carbocycles. The first-order valence-corrected chi connectivity index (χ1v) is 5.62. The Hall–Kier alpha value is -1.03. The van der Waals surface area contributed by atoms with Gasteiger partial charge in [0.1, 0.15) is 5.82 Å². The third-order valence-electron chi connectivity index (χ3n) is 2.36. The quantitative estimate of drug-likeness (QED) is 0.886. The largest absolute Gasteiger partial charge is 0.347 e. The lowest BCUT2D eigenvalue weighted by Crippen LogP contribution is -2.15. The Labute approximate surface area is 104 Å². The van der Waals surface area contributed by atoms with Crippen molar-refractivity contribution in [2.45, 2.75) is 12.5 Å². The Morgan fingerprint density at radius 1 is 1.31 bits per heavy atom. The van der Waals surface area contributed by atoms with Crippen LogP contribution in [0.1, 0.15) is 17.4 Å². The number of nitrogens with two attached hydrogens (primary N) is 1. The standard InChI is InChI=1S/C11H11Cl2N3/c12-8-2-1-3-9(13)7(8)6-10(14)11-15-4-5-16-11/h1-5,10H,6,14H2,(H,15,16). The third kappa shape index (κ3) is 2.38. The minimum absolute atomic E-state index is 0.229. The van der Waals surface area contributed by atoms with Crippen molar-refractivity contribution in [3.8, 4) is 0 Å². The number of aromatic amines is 1. The van der Waals surface area contributed by atoms with Crippen LogP contribution in [0.4, 0.5) is 0 Å². The summed E-state index contributed by atoms with van der Waals surface area (Å²) in [6.45, 7) is 0.